The Kier molecular flexibility index (Phi) is 6.56. The van der Waals surface area contributed by atoms with Gasteiger partial charge in [0.2, 0.25) is 0 Å². The van der Waals surface area contributed by atoms with E-state index in [-0.39, 0.29) is 0 Å². The summed E-state index contributed by atoms with van der Waals surface area (Å²) in [6, 6.07) is 0. The molecule has 0 radical (unpaired) electrons. The van der Waals surface area contributed by atoms with Gasteiger partial charge < -0.3 is 0 Å². The van der Waals surface area contributed by atoms with Gasteiger partial charge in [0.25, 0.3) is 0 Å². The minimum absolute atomic E-state index is 0.828. The van der Waals surface area contributed by atoms with Crippen molar-refractivity contribution >= 4 is 6.71 Å². The minimum Gasteiger partial charge on any atom is -0.0856 e. The summed E-state index contributed by atoms with van der Waals surface area (Å²) in [5.74, 6) is 3.47. The van der Waals surface area contributed by atoms with Crippen molar-refractivity contribution in [2.75, 3.05) is 0 Å². The Morgan fingerprint density at radius 1 is 0.929 bits per heavy atom. The van der Waals surface area contributed by atoms with Crippen LogP contribution >= 0.6 is 0 Å². The molecule has 0 amide bonds. The van der Waals surface area contributed by atoms with Gasteiger partial charge in [0, 0.05) is 0 Å². The molecular weight excluding hydrogens is 167 g/mol. The van der Waals surface area contributed by atoms with Gasteiger partial charge in [0.15, 0.2) is 0 Å². The van der Waals surface area contributed by atoms with Gasteiger partial charge in [-0.2, -0.15) is 0 Å². The first-order valence-electron chi connectivity index (χ1n) is 6.45. The molecule has 0 aromatic rings. The molecule has 0 aliphatic carbocycles. The molecule has 3 atom stereocenters. The second kappa shape index (κ2) is 6.53. The first-order chi connectivity index (χ1) is 6.45. The van der Waals surface area contributed by atoms with Gasteiger partial charge in [0.1, 0.15) is 6.71 Å². The molecule has 14 heavy (non-hydrogen) atoms. The quantitative estimate of drug-likeness (QED) is 0.525. The molecule has 84 valence electrons. The Hall–Kier alpha value is 0.0649. The third-order valence-corrected chi connectivity index (χ3v) is 4.22. The summed E-state index contributed by atoms with van der Waals surface area (Å²) in [5.41, 5.74) is 0. The van der Waals surface area contributed by atoms with Crippen LogP contribution in [0.25, 0.3) is 0 Å². The van der Waals surface area contributed by atoms with Crippen LogP contribution in [0.3, 0.4) is 0 Å². The van der Waals surface area contributed by atoms with E-state index in [4.69, 9.17) is 0 Å². The third kappa shape index (κ3) is 3.67. The van der Waals surface area contributed by atoms with Gasteiger partial charge in [-0.25, -0.2) is 0 Å². The van der Waals surface area contributed by atoms with E-state index in [1.54, 1.807) is 0 Å². The number of rotatable bonds is 6. The van der Waals surface area contributed by atoms with Crippen molar-refractivity contribution in [3.63, 3.8) is 0 Å². The molecule has 0 aromatic carbocycles. The molecule has 0 saturated heterocycles. The largest absolute Gasteiger partial charge is 0.143 e. The van der Waals surface area contributed by atoms with Crippen LogP contribution in [0.5, 0.6) is 0 Å². The van der Waals surface area contributed by atoms with Gasteiger partial charge >= 0.3 is 0 Å². The number of hydrogen-bond acceptors (Lipinski definition) is 0. The van der Waals surface area contributed by atoms with E-state index < -0.39 is 0 Å². The molecular formula is C13H29B. The molecule has 3 unspecified atom stereocenters. The zero-order valence-corrected chi connectivity index (χ0v) is 11.3. The van der Waals surface area contributed by atoms with E-state index in [9.17, 15) is 0 Å². The monoisotopic (exact) mass is 196 g/mol. The maximum Gasteiger partial charge on any atom is 0.143 e. The van der Waals surface area contributed by atoms with Crippen molar-refractivity contribution in [2.45, 2.75) is 72.8 Å². The predicted octanol–water partition coefficient (Wildman–Crippen LogP) is 4.98. The average Bonchev–Trinajstić information content (AvgIpc) is 2.15. The lowest BCUT2D eigenvalue weighted by atomic mass is 9.31. The Morgan fingerprint density at radius 2 is 1.43 bits per heavy atom. The highest BCUT2D eigenvalue weighted by Crippen LogP contribution is 2.37. The Labute approximate surface area is 91.9 Å². The summed E-state index contributed by atoms with van der Waals surface area (Å²) in [5, 5.41) is 0. The zero-order chi connectivity index (χ0) is 11.3. The Morgan fingerprint density at radius 3 is 1.71 bits per heavy atom. The third-order valence-electron chi connectivity index (χ3n) is 4.22. The molecule has 0 nitrogen and oxygen atoms in total. The first kappa shape index (κ1) is 14.1. The smallest absolute Gasteiger partial charge is 0.0856 e. The number of hydrogen-bond donors (Lipinski definition) is 0. The maximum absolute atomic E-state index is 2.45. The van der Waals surface area contributed by atoms with Gasteiger partial charge in [0.05, 0.1) is 0 Å². The molecule has 0 N–H and O–H groups in total. The van der Waals surface area contributed by atoms with Crippen molar-refractivity contribution in [3.8, 4) is 0 Å². The highest BCUT2D eigenvalue weighted by atomic mass is 14.2. The van der Waals surface area contributed by atoms with Crippen molar-refractivity contribution < 1.29 is 0 Å². The maximum atomic E-state index is 2.45. The molecule has 0 rings (SSSR count). The zero-order valence-electron chi connectivity index (χ0n) is 11.3. The lowest BCUT2D eigenvalue weighted by molar-refractivity contribution is 0.416. The van der Waals surface area contributed by atoms with Crippen molar-refractivity contribution in [1.82, 2.24) is 0 Å². The molecule has 0 spiro atoms. The molecule has 0 aliphatic rings. The Bertz CT molecular complexity index is 142. The summed E-state index contributed by atoms with van der Waals surface area (Å²) in [7, 11) is 0. The first-order valence-corrected chi connectivity index (χ1v) is 6.45. The van der Waals surface area contributed by atoms with E-state index in [2.05, 4.69) is 48.4 Å². The van der Waals surface area contributed by atoms with Crippen LogP contribution in [0, 0.1) is 11.8 Å². The summed E-state index contributed by atoms with van der Waals surface area (Å²) in [6.07, 6.45) is 2.64. The van der Waals surface area contributed by atoms with Crippen LogP contribution in [-0.4, -0.2) is 6.71 Å². The molecule has 0 aromatic heterocycles. The molecule has 0 fully saturated rings. The fraction of sp³-hybridized carbons (Fsp3) is 1.00. The van der Waals surface area contributed by atoms with Crippen molar-refractivity contribution in [2.24, 2.45) is 11.8 Å². The second-order valence-corrected chi connectivity index (χ2v) is 5.45. The summed E-state index contributed by atoms with van der Waals surface area (Å²) in [4.78, 5) is 0. The lowest BCUT2D eigenvalue weighted by Crippen LogP contribution is -2.29. The van der Waals surface area contributed by atoms with E-state index in [1.807, 2.05) is 0 Å². The highest BCUT2D eigenvalue weighted by molar-refractivity contribution is 6.60. The topological polar surface area (TPSA) is 0 Å². The normalized spacial score (nSPS) is 18.0. The molecule has 0 aliphatic heterocycles. The predicted molar refractivity (Wildman–Crippen MR) is 69.4 cm³/mol. The van der Waals surface area contributed by atoms with E-state index in [1.165, 1.54) is 12.8 Å². The highest BCUT2D eigenvalue weighted by Gasteiger charge is 2.30. The van der Waals surface area contributed by atoms with Crippen LogP contribution in [0.4, 0.5) is 0 Å². The van der Waals surface area contributed by atoms with Crippen LogP contribution in [0.1, 0.15) is 54.4 Å². The van der Waals surface area contributed by atoms with Crippen molar-refractivity contribution in [1.29, 1.82) is 0 Å². The van der Waals surface area contributed by atoms with Crippen LogP contribution < -0.4 is 0 Å². The second-order valence-electron chi connectivity index (χ2n) is 5.45. The summed E-state index contributed by atoms with van der Waals surface area (Å²) < 4.78 is 0. The molecule has 0 heterocycles. The van der Waals surface area contributed by atoms with E-state index in [0.29, 0.717) is 0 Å². The fourth-order valence-corrected chi connectivity index (χ4v) is 2.81. The average molecular weight is 196 g/mol. The standard InChI is InChI=1S/C13H29B/c1-8-11(5)13(10(3)4)14(7)12(6)9-2/h10-13H,8-9H2,1-7H3. The van der Waals surface area contributed by atoms with Crippen LogP contribution in [0.15, 0.2) is 0 Å². The molecule has 0 bridgehead atoms. The van der Waals surface area contributed by atoms with Gasteiger partial charge in [-0.3, -0.25) is 0 Å². The van der Waals surface area contributed by atoms with Crippen LogP contribution in [0.2, 0.25) is 18.5 Å². The summed E-state index contributed by atoms with van der Waals surface area (Å²) in [6.45, 7) is 17.6. The van der Waals surface area contributed by atoms with Crippen molar-refractivity contribution in [3.05, 3.63) is 0 Å². The lowest BCUT2D eigenvalue weighted by Gasteiger charge is -2.33. The van der Waals surface area contributed by atoms with Gasteiger partial charge in [-0.05, 0) is 5.92 Å². The molecule has 0 saturated carbocycles. The SMILES string of the molecule is CCC(C)B(C)C(C(C)C)C(C)CC. The molecule has 1 heteroatoms. The fourth-order valence-electron chi connectivity index (χ4n) is 2.81. The van der Waals surface area contributed by atoms with E-state index in [0.717, 1.165) is 30.2 Å². The van der Waals surface area contributed by atoms with Gasteiger partial charge in [-0.1, -0.05) is 78.8 Å². The van der Waals surface area contributed by atoms with Gasteiger partial charge in [-0.15, -0.1) is 0 Å². The van der Waals surface area contributed by atoms with E-state index >= 15 is 0 Å². The van der Waals surface area contributed by atoms with Crippen LogP contribution in [-0.2, 0) is 0 Å². The summed E-state index contributed by atoms with van der Waals surface area (Å²) >= 11 is 0. The Balaban J connectivity index is 4.48. The minimum atomic E-state index is 0.828.